The molecule has 2 aromatic carbocycles. The van der Waals surface area contributed by atoms with Crippen LogP contribution in [0.2, 0.25) is 0 Å². The summed E-state index contributed by atoms with van der Waals surface area (Å²) in [5, 5.41) is 2.71. The predicted molar refractivity (Wildman–Crippen MR) is 75.8 cm³/mol. The molecule has 0 aliphatic rings. The van der Waals surface area contributed by atoms with Gasteiger partial charge >= 0.3 is 6.09 Å². The van der Waals surface area contributed by atoms with Gasteiger partial charge in [-0.1, -0.05) is 30.3 Å². The maximum absolute atomic E-state index is 11.6. The number of hydrogen-bond acceptors (Lipinski definition) is 3. The number of anilines is 2. The molecule has 0 aliphatic carbocycles. The summed E-state index contributed by atoms with van der Waals surface area (Å²) in [5.74, 6) is 0. The van der Waals surface area contributed by atoms with Crippen LogP contribution in [0.3, 0.4) is 0 Å². The van der Waals surface area contributed by atoms with Crippen molar-refractivity contribution in [1.29, 1.82) is 0 Å². The van der Waals surface area contributed by atoms with Crippen LogP contribution in [-0.2, 0) is 11.3 Å². The number of amides is 1. The normalized spacial score (nSPS) is 9.95. The predicted octanol–water partition coefficient (Wildman–Crippen LogP) is 3.33. The number of carbonyl (C=O) groups is 1. The van der Waals surface area contributed by atoms with Crippen LogP contribution in [-0.4, -0.2) is 6.09 Å². The summed E-state index contributed by atoms with van der Waals surface area (Å²) in [5.41, 5.74) is 8.91. The average Bonchev–Trinajstić information content (AvgIpc) is 2.41. The number of ether oxygens (including phenoxy) is 1. The topological polar surface area (TPSA) is 64.3 Å². The van der Waals surface area contributed by atoms with Crippen molar-refractivity contribution >= 4 is 17.5 Å². The van der Waals surface area contributed by atoms with E-state index in [1.54, 1.807) is 12.1 Å². The first-order chi connectivity index (χ1) is 9.15. The Balaban J connectivity index is 1.88. The van der Waals surface area contributed by atoms with Crippen molar-refractivity contribution < 1.29 is 9.53 Å². The van der Waals surface area contributed by atoms with E-state index in [4.69, 9.17) is 10.5 Å². The van der Waals surface area contributed by atoms with E-state index in [2.05, 4.69) is 5.32 Å². The molecule has 1 amide bonds. The molecule has 0 saturated carbocycles. The van der Waals surface area contributed by atoms with E-state index in [0.29, 0.717) is 5.69 Å². The first-order valence-corrected chi connectivity index (χ1v) is 5.99. The van der Waals surface area contributed by atoms with Gasteiger partial charge in [-0.25, -0.2) is 4.79 Å². The molecular weight excluding hydrogens is 240 g/mol. The second-order valence-electron chi connectivity index (χ2n) is 4.26. The minimum atomic E-state index is -0.467. The number of benzene rings is 2. The fraction of sp³-hybridized carbons (Fsp3) is 0.133. The quantitative estimate of drug-likeness (QED) is 0.828. The molecule has 3 N–H and O–H groups in total. The van der Waals surface area contributed by atoms with Crippen molar-refractivity contribution in [2.24, 2.45) is 0 Å². The first kappa shape index (κ1) is 13.0. The molecule has 0 unspecified atom stereocenters. The maximum atomic E-state index is 11.6. The van der Waals surface area contributed by atoms with Crippen molar-refractivity contribution in [2.75, 3.05) is 11.1 Å². The number of aryl methyl sites for hydroxylation is 1. The molecule has 98 valence electrons. The maximum Gasteiger partial charge on any atom is 0.411 e. The minimum Gasteiger partial charge on any atom is -0.444 e. The highest BCUT2D eigenvalue weighted by atomic mass is 16.5. The Bertz CT molecular complexity index is 565. The number of nitrogen functional groups attached to an aromatic ring is 1. The van der Waals surface area contributed by atoms with Crippen LogP contribution in [0.1, 0.15) is 11.1 Å². The number of rotatable bonds is 3. The molecule has 0 aromatic heterocycles. The van der Waals surface area contributed by atoms with Crippen molar-refractivity contribution in [2.45, 2.75) is 13.5 Å². The van der Waals surface area contributed by atoms with Crippen LogP contribution in [0, 0.1) is 6.92 Å². The molecule has 0 spiro atoms. The molecule has 0 bridgehead atoms. The highest BCUT2D eigenvalue weighted by molar-refractivity contribution is 5.85. The van der Waals surface area contributed by atoms with Gasteiger partial charge in [-0.2, -0.15) is 0 Å². The summed E-state index contributed by atoms with van der Waals surface area (Å²) in [6.45, 7) is 2.15. The highest BCUT2D eigenvalue weighted by Gasteiger charge is 2.05. The number of hydrogen-bond donors (Lipinski definition) is 2. The molecule has 0 saturated heterocycles. The van der Waals surface area contributed by atoms with E-state index in [-0.39, 0.29) is 6.61 Å². The third-order valence-corrected chi connectivity index (χ3v) is 2.73. The fourth-order valence-corrected chi connectivity index (χ4v) is 1.62. The Morgan fingerprint density at radius 2 is 1.84 bits per heavy atom. The molecule has 4 heteroatoms. The Hall–Kier alpha value is -2.49. The van der Waals surface area contributed by atoms with Gasteiger partial charge in [0.25, 0.3) is 0 Å². The van der Waals surface area contributed by atoms with Gasteiger partial charge in [-0.15, -0.1) is 0 Å². The number of para-hydroxylation sites is 1. The summed E-state index contributed by atoms with van der Waals surface area (Å²) in [7, 11) is 0. The van der Waals surface area contributed by atoms with Gasteiger partial charge in [-0.05, 0) is 36.2 Å². The van der Waals surface area contributed by atoms with Gasteiger partial charge in [0.2, 0.25) is 0 Å². The van der Waals surface area contributed by atoms with Crippen LogP contribution >= 0.6 is 0 Å². The molecule has 0 fully saturated rings. The van der Waals surface area contributed by atoms with Gasteiger partial charge in [0.05, 0.1) is 0 Å². The first-order valence-electron chi connectivity index (χ1n) is 5.99. The Morgan fingerprint density at radius 1 is 1.16 bits per heavy atom. The van der Waals surface area contributed by atoms with E-state index in [0.717, 1.165) is 16.8 Å². The molecule has 2 rings (SSSR count). The Labute approximate surface area is 112 Å². The monoisotopic (exact) mass is 256 g/mol. The van der Waals surface area contributed by atoms with Crippen molar-refractivity contribution in [3.63, 3.8) is 0 Å². The lowest BCUT2D eigenvalue weighted by Crippen LogP contribution is -2.14. The zero-order valence-electron chi connectivity index (χ0n) is 10.7. The van der Waals surface area contributed by atoms with Gasteiger partial charge in [0.1, 0.15) is 6.61 Å². The summed E-state index contributed by atoms with van der Waals surface area (Å²) in [6, 6.07) is 14.8. The lowest BCUT2D eigenvalue weighted by Gasteiger charge is -2.09. The summed E-state index contributed by atoms with van der Waals surface area (Å²) in [4.78, 5) is 11.6. The lowest BCUT2D eigenvalue weighted by molar-refractivity contribution is 0.155. The number of nitrogens with two attached hydrogens (primary N) is 1. The van der Waals surface area contributed by atoms with Crippen LogP contribution in [0.4, 0.5) is 16.2 Å². The SMILES string of the molecule is Cc1ccccc1NC(=O)OCc1ccc(N)cc1. The fourth-order valence-electron chi connectivity index (χ4n) is 1.62. The van der Waals surface area contributed by atoms with E-state index < -0.39 is 6.09 Å². The standard InChI is InChI=1S/C15H16N2O2/c1-11-4-2-3-5-14(11)17-15(18)19-10-12-6-8-13(16)9-7-12/h2-9H,10,16H2,1H3,(H,17,18). The average molecular weight is 256 g/mol. The zero-order chi connectivity index (χ0) is 13.7. The molecule has 0 heterocycles. The van der Waals surface area contributed by atoms with Gasteiger partial charge < -0.3 is 10.5 Å². The van der Waals surface area contributed by atoms with Crippen LogP contribution in [0.5, 0.6) is 0 Å². The van der Waals surface area contributed by atoms with Gasteiger partial charge in [0, 0.05) is 11.4 Å². The summed E-state index contributed by atoms with van der Waals surface area (Å²) >= 11 is 0. The second kappa shape index (κ2) is 5.91. The Kier molecular flexibility index (Phi) is 4.03. The van der Waals surface area contributed by atoms with Crippen molar-refractivity contribution in [1.82, 2.24) is 0 Å². The molecule has 0 atom stereocenters. The van der Waals surface area contributed by atoms with Crippen LogP contribution in [0.15, 0.2) is 48.5 Å². The third kappa shape index (κ3) is 3.74. The van der Waals surface area contributed by atoms with Gasteiger partial charge in [-0.3, -0.25) is 5.32 Å². The van der Waals surface area contributed by atoms with Crippen molar-refractivity contribution in [3.8, 4) is 0 Å². The zero-order valence-corrected chi connectivity index (χ0v) is 10.7. The highest BCUT2D eigenvalue weighted by Crippen LogP contribution is 2.14. The smallest absolute Gasteiger partial charge is 0.411 e. The third-order valence-electron chi connectivity index (χ3n) is 2.73. The second-order valence-corrected chi connectivity index (χ2v) is 4.26. The van der Waals surface area contributed by atoms with Crippen LogP contribution < -0.4 is 11.1 Å². The molecular formula is C15H16N2O2. The molecule has 0 aliphatic heterocycles. The number of carbonyl (C=O) groups excluding carboxylic acids is 1. The molecule has 0 radical (unpaired) electrons. The van der Waals surface area contributed by atoms with E-state index in [9.17, 15) is 4.79 Å². The van der Waals surface area contributed by atoms with E-state index >= 15 is 0 Å². The Morgan fingerprint density at radius 3 is 2.53 bits per heavy atom. The molecule has 19 heavy (non-hydrogen) atoms. The van der Waals surface area contributed by atoms with Gasteiger partial charge in [0.15, 0.2) is 0 Å². The molecule has 2 aromatic rings. The molecule has 4 nitrogen and oxygen atoms in total. The van der Waals surface area contributed by atoms with Crippen LogP contribution in [0.25, 0.3) is 0 Å². The van der Waals surface area contributed by atoms with Crippen molar-refractivity contribution in [3.05, 3.63) is 59.7 Å². The summed E-state index contributed by atoms with van der Waals surface area (Å²) < 4.78 is 5.14. The lowest BCUT2D eigenvalue weighted by atomic mass is 10.2. The minimum absolute atomic E-state index is 0.220. The van der Waals surface area contributed by atoms with E-state index in [1.165, 1.54) is 0 Å². The van der Waals surface area contributed by atoms with E-state index in [1.807, 2.05) is 43.3 Å². The largest absolute Gasteiger partial charge is 0.444 e. The number of nitrogens with one attached hydrogen (secondary N) is 1. The summed E-state index contributed by atoms with van der Waals surface area (Å²) in [6.07, 6.45) is -0.467.